The number of aliphatic carboxylic acids is 1. The van der Waals surface area contributed by atoms with Crippen molar-refractivity contribution in [2.75, 3.05) is 5.75 Å². The second kappa shape index (κ2) is 2.48. The maximum Gasteiger partial charge on any atom is 0.307 e. The van der Waals surface area contributed by atoms with Crippen molar-refractivity contribution in [3.05, 3.63) is 0 Å². The van der Waals surface area contributed by atoms with Gasteiger partial charge in [0, 0.05) is 5.75 Å². The Hall–Kier alpha value is -0.580. The molecule has 0 radical (unpaired) electrons. The fraction of sp³-hybridized carbons (Fsp3) is 0.833. The molecule has 0 saturated heterocycles. The predicted octanol–water partition coefficient (Wildman–Crippen LogP) is -0.106. The molecule has 1 rings (SSSR count). The zero-order valence-corrected chi connectivity index (χ0v) is 6.97. The van der Waals surface area contributed by atoms with E-state index in [1.54, 1.807) is 0 Å². The molecular formula is C6H10O4S. The molecule has 0 aromatic heterocycles. The number of carbonyl (C=O) groups is 1. The van der Waals surface area contributed by atoms with E-state index in [-0.39, 0.29) is 5.75 Å². The summed E-state index contributed by atoms with van der Waals surface area (Å²) in [6, 6.07) is 0. The lowest BCUT2D eigenvalue weighted by molar-refractivity contribution is -0.138. The summed E-state index contributed by atoms with van der Waals surface area (Å²) in [5.41, 5.74) is 0. The van der Waals surface area contributed by atoms with E-state index in [9.17, 15) is 13.2 Å². The van der Waals surface area contributed by atoms with Crippen molar-refractivity contribution in [1.29, 1.82) is 0 Å². The highest BCUT2D eigenvalue weighted by molar-refractivity contribution is 7.92. The number of rotatable bonds is 3. The van der Waals surface area contributed by atoms with Crippen LogP contribution in [-0.4, -0.2) is 30.5 Å². The summed E-state index contributed by atoms with van der Waals surface area (Å²) in [5, 5.41) is 7.81. The molecule has 0 spiro atoms. The smallest absolute Gasteiger partial charge is 0.307 e. The van der Waals surface area contributed by atoms with Gasteiger partial charge in [-0.3, -0.25) is 4.79 Å². The highest BCUT2D eigenvalue weighted by Crippen LogP contribution is 2.37. The summed E-state index contributed by atoms with van der Waals surface area (Å²) < 4.78 is 22.0. The van der Waals surface area contributed by atoms with Crippen LogP contribution in [0.2, 0.25) is 0 Å². The van der Waals surface area contributed by atoms with Crippen LogP contribution in [0.5, 0.6) is 0 Å². The van der Waals surface area contributed by atoms with Gasteiger partial charge in [0.2, 0.25) is 0 Å². The molecule has 1 fully saturated rings. The van der Waals surface area contributed by atoms with Crippen LogP contribution in [0.4, 0.5) is 0 Å². The first-order valence-corrected chi connectivity index (χ1v) is 5.15. The quantitative estimate of drug-likeness (QED) is 0.654. The van der Waals surface area contributed by atoms with E-state index < -0.39 is 27.0 Å². The number of carboxylic acids is 1. The molecule has 0 heterocycles. The van der Waals surface area contributed by atoms with Crippen LogP contribution >= 0.6 is 0 Å². The SMILES string of the molecule is CCS(=O)(=O)[C@H]1C[C@@H]1C(=O)O. The second-order valence-corrected chi connectivity index (χ2v) is 5.18. The van der Waals surface area contributed by atoms with E-state index in [1.165, 1.54) is 6.92 Å². The molecule has 0 bridgehead atoms. The van der Waals surface area contributed by atoms with Crippen LogP contribution in [0.25, 0.3) is 0 Å². The van der Waals surface area contributed by atoms with Crippen LogP contribution in [-0.2, 0) is 14.6 Å². The molecule has 2 atom stereocenters. The molecule has 0 unspecified atom stereocenters. The van der Waals surface area contributed by atoms with Crippen molar-refractivity contribution >= 4 is 15.8 Å². The Bertz CT molecular complexity index is 266. The van der Waals surface area contributed by atoms with Crippen LogP contribution < -0.4 is 0 Å². The first kappa shape index (κ1) is 8.52. The average Bonchev–Trinajstić information content (AvgIpc) is 2.65. The van der Waals surface area contributed by atoms with Crippen molar-refractivity contribution in [2.45, 2.75) is 18.6 Å². The molecule has 5 heteroatoms. The average molecular weight is 178 g/mol. The lowest BCUT2D eigenvalue weighted by Gasteiger charge is -1.95. The molecule has 1 aliphatic rings. The van der Waals surface area contributed by atoms with Crippen LogP contribution in [0.1, 0.15) is 13.3 Å². The fourth-order valence-corrected chi connectivity index (χ4v) is 2.59. The summed E-state index contributed by atoms with van der Waals surface area (Å²) in [6.45, 7) is 1.53. The molecule has 0 amide bonds. The van der Waals surface area contributed by atoms with Crippen molar-refractivity contribution in [2.24, 2.45) is 5.92 Å². The number of hydrogen-bond donors (Lipinski definition) is 1. The van der Waals surface area contributed by atoms with Gasteiger partial charge < -0.3 is 5.11 Å². The predicted molar refractivity (Wildman–Crippen MR) is 39.0 cm³/mol. The van der Waals surface area contributed by atoms with Gasteiger partial charge in [0.05, 0.1) is 11.2 Å². The lowest BCUT2D eigenvalue weighted by Crippen LogP contribution is -2.14. The Morgan fingerprint density at radius 3 is 2.45 bits per heavy atom. The Balaban J connectivity index is 2.64. The normalized spacial score (nSPS) is 29.9. The zero-order chi connectivity index (χ0) is 8.65. The molecule has 1 aliphatic carbocycles. The molecule has 0 aromatic carbocycles. The van der Waals surface area contributed by atoms with Gasteiger partial charge in [-0.25, -0.2) is 8.42 Å². The van der Waals surface area contributed by atoms with Crippen LogP contribution in [0.3, 0.4) is 0 Å². The van der Waals surface area contributed by atoms with Crippen LogP contribution in [0.15, 0.2) is 0 Å². The number of carboxylic acid groups (broad SMARTS) is 1. The maximum atomic E-state index is 11.0. The van der Waals surface area contributed by atoms with E-state index in [4.69, 9.17) is 5.11 Å². The highest BCUT2D eigenvalue weighted by atomic mass is 32.2. The minimum atomic E-state index is -3.10. The van der Waals surface area contributed by atoms with Gasteiger partial charge in [-0.15, -0.1) is 0 Å². The lowest BCUT2D eigenvalue weighted by atomic mass is 10.4. The first-order chi connectivity index (χ1) is 4.99. The van der Waals surface area contributed by atoms with Gasteiger partial charge >= 0.3 is 5.97 Å². The van der Waals surface area contributed by atoms with Crippen LogP contribution in [0, 0.1) is 5.92 Å². The monoisotopic (exact) mass is 178 g/mol. The standard InChI is InChI=1S/C6H10O4S/c1-2-11(9,10)5-3-4(5)6(7)8/h4-5H,2-3H2,1H3,(H,7,8)/t4-,5-/m0/s1. The third kappa shape index (κ3) is 1.53. The summed E-state index contributed by atoms with van der Waals surface area (Å²) in [5.74, 6) is -1.59. The third-order valence-electron chi connectivity index (χ3n) is 1.91. The van der Waals surface area contributed by atoms with Gasteiger partial charge in [-0.2, -0.15) is 0 Å². The largest absolute Gasteiger partial charge is 0.481 e. The summed E-state index contributed by atoms with van der Waals surface area (Å²) in [6.07, 6.45) is 0.297. The van der Waals surface area contributed by atoms with Gasteiger partial charge in [0.1, 0.15) is 0 Å². The fourth-order valence-electron chi connectivity index (χ4n) is 1.04. The van der Waals surface area contributed by atoms with Gasteiger partial charge in [-0.1, -0.05) is 6.92 Å². The molecule has 0 aliphatic heterocycles. The second-order valence-electron chi connectivity index (χ2n) is 2.67. The number of sulfone groups is 1. The highest BCUT2D eigenvalue weighted by Gasteiger charge is 2.50. The molecule has 0 aromatic rings. The molecule has 1 saturated carbocycles. The van der Waals surface area contributed by atoms with Gasteiger partial charge in [0.15, 0.2) is 9.84 Å². The molecule has 64 valence electrons. The topological polar surface area (TPSA) is 71.4 Å². The minimum absolute atomic E-state index is 0.0431. The Morgan fingerprint density at radius 2 is 2.18 bits per heavy atom. The van der Waals surface area contributed by atoms with E-state index in [2.05, 4.69) is 0 Å². The van der Waals surface area contributed by atoms with Crippen molar-refractivity contribution in [1.82, 2.24) is 0 Å². The van der Waals surface area contributed by atoms with Gasteiger partial charge in [-0.05, 0) is 6.42 Å². The Morgan fingerprint density at radius 1 is 1.64 bits per heavy atom. The zero-order valence-electron chi connectivity index (χ0n) is 6.15. The Kier molecular flexibility index (Phi) is 1.92. The van der Waals surface area contributed by atoms with Gasteiger partial charge in [0.25, 0.3) is 0 Å². The van der Waals surface area contributed by atoms with E-state index >= 15 is 0 Å². The molecular weight excluding hydrogens is 168 g/mol. The van der Waals surface area contributed by atoms with E-state index in [0.717, 1.165) is 0 Å². The molecule has 1 N–H and O–H groups in total. The van der Waals surface area contributed by atoms with Crippen molar-refractivity contribution in [3.63, 3.8) is 0 Å². The summed E-state index contributed by atoms with van der Waals surface area (Å²) in [4.78, 5) is 10.3. The summed E-state index contributed by atoms with van der Waals surface area (Å²) in [7, 11) is -3.10. The number of hydrogen-bond acceptors (Lipinski definition) is 3. The third-order valence-corrected chi connectivity index (χ3v) is 4.16. The maximum absolute atomic E-state index is 11.0. The summed E-state index contributed by atoms with van der Waals surface area (Å²) >= 11 is 0. The molecule has 11 heavy (non-hydrogen) atoms. The molecule has 4 nitrogen and oxygen atoms in total. The first-order valence-electron chi connectivity index (χ1n) is 3.43. The van der Waals surface area contributed by atoms with E-state index in [0.29, 0.717) is 6.42 Å². The Labute approximate surface area is 65.1 Å². The minimum Gasteiger partial charge on any atom is -0.481 e. The van der Waals surface area contributed by atoms with E-state index in [1.807, 2.05) is 0 Å². The van der Waals surface area contributed by atoms with Crippen molar-refractivity contribution in [3.8, 4) is 0 Å². The van der Waals surface area contributed by atoms with Crippen molar-refractivity contribution < 1.29 is 18.3 Å².